The highest BCUT2D eigenvalue weighted by molar-refractivity contribution is 5.10. The molecule has 3 nitrogen and oxygen atoms in total. The Balaban J connectivity index is 1.46. The molecule has 0 radical (unpaired) electrons. The molecule has 1 atom stereocenters. The number of hydrogen-bond donors (Lipinski definition) is 1. The Hall–Kier alpha value is -0.930. The van der Waals surface area contributed by atoms with Crippen LogP contribution in [0.2, 0.25) is 0 Å². The van der Waals surface area contributed by atoms with Crippen molar-refractivity contribution in [3.63, 3.8) is 0 Å². The van der Waals surface area contributed by atoms with Crippen molar-refractivity contribution in [2.24, 2.45) is 5.92 Å². The molecule has 1 aromatic rings. The predicted octanol–water partition coefficient (Wildman–Crippen LogP) is 1.96. The van der Waals surface area contributed by atoms with Gasteiger partial charge in [-0.2, -0.15) is 0 Å². The van der Waals surface area contributed by atoms with Gasteiger partial charge in [-0.05, 0) is 57.3 Å². The third-order valence-electron chi connectivity index (χ3n) is 3.97. The molecule has 1 aliphatic heterocycles. The summed E-state index contributed by atoms with van der Waals surface area (Å²) in [6, 6.07) is 7.16. The number of nitrogens with one attached hydrogen (secondary N) is 1. The Labute approximate surface area is 110 Å². The van der Waals surface area contributed by atoms with E-state index in [9.17, 15) is 0 Å². The van der Waals surface area contributed by atoms with E-state index in [1.165, 1.54) is 44.6 Å². The van der Waals surface area contributed by atoms with E-state index >= 15 is 0 Å². The minimum absolute atomic E-state index is 0.843. The van der Waals surface area contributed by atoms with Gasteiger partial charge < -0.3 is 5.32 Å². The zero-order chi connectivity index (χ0) is 12.4. The normalized spacial score (nSPS) is 24.6. The average Bonchev–Trinajstić information content (AvgIpc) is 3.08. The van der Waals surface area contributed by atoms with Gasteiger partial charge in [-0.15, -0.1) is 0 Å². The minimum Gasteiger partial charge on any atom is -0.314 e. The minimum atomic E-state index is 0.843. The summed E-state index contributed by atoms with van der Waals surface area (Å²) in [5.74, 6) is 0.843. The van der Waals surface area contributed by atoms with E-state index in [4.69, 9.17) is 0 Å². The van der Waals surface area contributed by atoms with E-state index < -0.39 is 0 Å². The number of pyridine rings is 1. The van der Waals surface area contributed by atoms with Crippen LogP contribution in [0.1, 0.15) is 30.7 Å². The van der Waals surface area contributed by atoms with Gasteiger partial charge in [0.25, 0.3) is 0 Å². The average molecular weight is 245 g/mol. The highest BCUT2D eigenvalue weighted by Gasteiger charge is 2.26. The molecule has 0 spiro atoms. The van der Waals surface area contributed by atoms with Crippen molar-refractivity contribution in [2.75, 3.05) is 19.6 Å². The second-order valence-corrected chi connectivity index (χ2v) is 5.84. The van der Waals surface area contributed by atoms with Crippen molar-refractivity contribution in [1.82, 2.24) is 15.2 Å². The number of aryl methyl sites for hydroxylation is 1. The van der Waals surface area contributed by atoms with Gasteiger partial charge in [-0.25, -0.2) is 0 Å². The van der Waals surface area contributed by atoms with Crippen molar-refractivity contribution < 1.29 is 0 Å². The molecule has 2 aliphatic rings. The highest BCUT2D eigenvalue weighted by atomic mass is 15.2. The first kappa shape index (κ1) is 12.1. The summed E-state index contributed by atoms with van der Waals surface area (Å²) in [6.45, 7) is 6.75. The molecule has 98 valence electrons. The molecule has 3 rings (SSSR count). The molecular weight excluding hydrogens is 222 g/mol. The van der Waals surface area contributed by atoms with E-state index in [0.29, 0.717) is 0 Å². The van der Waals surface area contributed by atoms with E-state index in [0.717, 1.165) is 24.2 Å². The SMILES string of the molecule is Cc1cccc(CN2CCC(CNC3CC3)C2)n1. The maximum Gasteiger partial charge on any atom is 0.0547 e. The van der Waals surface area contributed by atoms with Gasteiger partial charge in [0.2, 0.25) is 0 Å². The van der Waals surface area contributed by atoms with Crippen LogP contribution in [0.4, 0.5) is 0 Å². The quantitative estimate of drug-likeness (QED) is 0.859. The summed E-state index contributed by atoms with van der Waals surface area (Å²) >= 11 is 0. The number of hydrogen-bond acceptors (Lipinski definition) is 3. The smallest absolute Gasteiger partial charge is 0.0547 e. The van der Waals surface area contributed by atoms with Gasteiger partial charge in [0.1, 0.15) is 0 Å². The van der Waals surface area contributed by atoms with Crippen molar-refractivity contribution in [1.29, 1.82) is 0 Å². The summed E-state index contributed by atoms with van der Waals surface area (Å²) < 4.78 is 0. The van der Waals surface area contributed by atoms with Crippen molar-refractivity contribution in [3.05, 3.63) is 29.6 Å². The molecule has 0 bridgehead atoms. The van der Waals surface area contributed by atoms with Crippen LogP contribution < -0.4 is 5.32 Å². The Kier molecular flexibility index (Phi) is 3.62. The standard InChI is InChI=1S/C15H23N3/c1-12-3-2-4-15(17-12)11-18-8-7-13(10-18)9-16-14-5-6-14/h2-4,13-14,16H,5-11H2,1H3. The van der Waals surface area contributed by atoms with Gasteiger partial charge >= 0.3 is 0 Å². The van der Waals surface area contributed by atoms with E-state index in [1.807, 2.05) is 0 Å². The largest absolute Gasteiger partial charge is 0.314 e. The molecular formula is C15H23N3. The summed E-state index contributed by atoms with van der Waals surface area (Å²) in [7, 11) is 0. The van der Waals surface area contributed by atoms with E-state index in [1.54, 1.807) is 0 Å². The first-order chi connectivity index (χ1) is 8.79. The topological polar surface area (TPSA) is 28.2 Å². The third-order valence-corrected chi connectivity index (χ3v) is 3.97. The van der Waals surface area contributed by atoms with Crippen molar-refractivity contribution in [2.45, 2.75) is 38.8 Å². The molecule has 18 heavy (non-hydrogen) atoms. The number of nitrogens with zero attached hydrogens (tertiary/aromatic N) is 2. The van der Waals surface area contributed by atoms with Crippen LogP contribution in [0.3, 0.4) is 0 Å². The zero-order valence-electron chi connectivity index (χ0n) is 11.2. The number of rotatable bonds is 5. The molecule has 1 saturated heterocycles. The first-order valence-electron chi connectivity index (χ1n) is 7.18. The van der Waals surface area contributed by atoms with Crippen LogP contribution in [0.15, 0.2) is 18.2 Å². The summed E-state index contributed by atoms with van der Waals surface area (Å²) in [5.41, 5.74) is 2.34. The zero-order valence-corrected chi connectivity index (χ0v) is 11.2. The van der Waals surface area contributed by atoms with Gasteiger partial charge in [0.15, 0.2) is 0 Å². The molecule has 3 heteroatoms. The Morgan fingerprint density at radius 3 is 3.00 bits per heavy atom. The molecule has 1 aromatic heterocycles. The number of likely N-dealkylation sites (tertiary alicyclic amines) is 1. The molecule has 2 heterocycles. The van der Waals surface area contributed by atoms with E-state index in [-0.39, 0.29) is 0 Å². The Morgan fingerprint density at radius 1 is 1.33 bits per heavy atom. The second kappa shape index (κ2) is 5.37. The molecule has 2 fully saturated rings. The van der Waals surface area contributed by atoms with Gasteiger partial charge in [0, 0.05) is 24.8 Å². The fraction of sp³-hybridized carbons (Fsp3) is 0.667. The lowest BCUT2D eigenvalue weighted by Gasteiger charge is -2.16. The van der Waals surface area contributed by atoms with Gasteiger partial charge in [-0.1, -0.05) is 6.07 Å². The van der Waals surface area contributed by atoms with Gasteiger partial charge in [0.05, 0.1) is 5.69 Å². The van der Waals surface area contributed by atoms with Crippen LogP contribution in [0.25, 0.3) is 0 Å². The van der Waals surface area contributed by atoms with E-state index in [2.05, 4.69) is 40.3 Å². The maximum atomic E-state index is 4.59. The lowest BCUT2D eigenvalue weighted by molar-refractivity contribution is 0.310. The Bertz CT molecular complexity index is 400. The van der Waals surface area contributed by atoms with Crippen molar-refractivity contribution in [3.8, 4) is 0 Å². The predicted molar refractivity (Wildman–Crippen MR) is 73.4 cm³/mol. The van der Waals surface area contributed by atoms with Crippen molar-refractivity contribution >= 4 is 0 Å². The molecule has 1 saturated carbocycles. The fourth-order valence-corrected chi connectivity index (χ4v) is 2.76. The highest BCUT2D eigenvalue weighted by Crippen LogP contribution is 2.22. The third kappa shape index (κ3) is 3.30. The summed E-state index contributed by atoms with van der Waals surface area (Å²) in [6.07, 6.45) is 4.12. The molecule has 1 N–H and O–H groups in total. The first-order valence-corrected chi connectivity index (χ1v) is 7.18. The summed E-state index contributed by atoms with van der Waals surface area (Å²) in [4.78, 5) is 7.13. The lowest BCUT2D eigenvalue weighted by atomic mass is 10.1. The van der Waals surface area contributed by atoms with Crippen LogP contribution in [-0.4, -0.2) is 35.6 Å². The van der Waals surface area contributed by atoms with Crippen LogP contribution >= 0.6 is 0 Å². The fourth-order valence-electron chi connectivity index (χ4n) is 2.76. The second-order valence-electron chi connectivity index (χ2n) is 5.84. The molecule has 1 aliphatic carbocycles. The molecule has 0 aromatic carbocycles. The number of aromatic nitrogens is 1. The lowest BCUT2D eigenvalue weighted by Crippen LogP contribution is -2.27. The monoisotopic (exact) mass is 245 g/mol. The van der Waals surface area contributed by atoms with Gasteiger partial charge in [-0.3, -0.25) is 9.88 Å². The molecule has 1 unspecified atom stereocenters. The van der Waals surface area contributed by atoms with Crippen LogP contribution in [0, 0.1) is 12.8 Å². The maximum absolute atomic E-state index is 4.59. The van der Waals surface area contributed by atoms with Crippen LogP contribution in [-0.2, 0) is 6.54 Å². The Morgan fingerprint density at radius 2 is 2.22 bits per heavy atom. The van der Waals surface area contributed by atoms with Crippen LogP contribution in [0.5, 0.6) is 0 Å². The summed E-state index contributed by atoms with van der Waals surface area (Å²) in [5, 5.41) is 3.65. The molecule has 0 amide bonds.